The molecule has 0 unspecified atom stereocenters. The van der Waals surface area contributed by atoms with Crippen LogP contribution in [0.2, 0.25) is 5.02 Å². The highest BCUT2D eigenvalue weighted by Crippen LogP contribution is 2.20. The second-order valence-electron chi connectivity index (χ2n) is 5.33. The molecular weight excluding hydrogens is 352 g/mol. The van der Waals surface area contributed by atoms with Crippen LogP contribution in [0.25, 0.3) is 0 Å². The number of carbonyl (C=O) groups excluding carboxylic acids is 2. The molecule has 3 aromatic rings. The van der Waals surface area contributed by atoms with E-state index in [4.69, 9.17) is 16.3 Å². The van der Waals surface area contributed by atoms with Gasteiger partial charge >= 0.3 is 12.0 Å². The Morgan fingerprint density at radius 2 is 1.42 bits per heavy atom. The molecule has 0 aliphatic rings. The standard InChI is InChI=1S/C20H15ClN2O3/c21-14-10-12-16(13-11-14)26-19(24)17-8-4-5-9-18(17)23-20(25)22-15-6-2-1-3-7-15/h1-13H,(H2,22,23,25). The maximum atomic E-state index is 12.4. The largest absolute Gasteiger partial charge is 0.423 e. The number of halogens is 1. The highest BCUT2D eigenvalue weighted by atomic mass is 35.5. The Kier molecular flexibility index (Phi) is 5.51. The highest BCUT2D eigenvalue weighted by Gasteiger charge is 2.15. The maximum Gasteiger partial charge on any atom is 0.345 e. The Morgan fingerprint density at radius 1 is 0.769 bits per heavy atom. The Morgan fingerprint density at radius 3 is 2.15 bits per heavy atom. The summed E-state index contributed by atoms with van der Waals surface area (Å²) < 4.78 is 5.33. The van der Waals surface area contributed by atoms with Crippen molar-refractivity contribution >= 4 is 35.0 Å². The molecule has 26 heavy (non-hydrogen) atoms. The van der Waals surface area contributed by atoms with Gasteiger partial charge in [-0.05, 0) is 48.5 Å². The lowest BCUT2D eigenvalue weighted by atomic mass is 10.2. The fourth-order valence-electron chi connectivity index (χ4n) is 2.24. The van der Waals surface area contributed by atoms with E-state index in [1.807, 2.05) is 18.2 Å². The number of benzene rings is 3. The van der Waals surface area contributed by atoms with Crippen LogP contribution in [0.4, 0.5) is 16.2 Å². The van der Waals surface area contributed by atoms with E-state index < -0.39 is 12.0 Å². The third-order valence-corrected chi connectivity index (χ3v) is 3.70. The number of ether oxygens (including phenoxy) is 1. The lowest BCUT2D eigenvalue weighted by Crippen LogP contribution is -2.21. The van der Waals surface area contributed by atoms with Crippen LogP contribution in [-0.4, -0.2) is 12.0 Å². The second-order valence-corrected chi connectivity index (χ2v) is 5.77. The Bertz CT molecular complexity index is 912. The fraction of sp³-hybridized carbons (Fsp3) is 0. The van der Waals surface area contributed by atoms with Crippen molar-refractivity contribution in [2.24, 2.45) is 0 Å². The van der Waals surface area contributed by atoms with Crippen molar-refractivity contribution in [2.45, 2.75) is 0 Å². The summed E-state index contributed by atoms with van der Waals surface area (Å²) in [5.41, 5.74) is 1.23. The Balaban J connectivity index is 1.72. The van der Waals surface area contributed by atoms with Gasteiger partial charge in [0, 0.05) is 10.7 Å². The summed E-state index contributed by atoms with van der Waals surface area (Å²) in [5, 5.41) is 5.90. The van der Waals surface area contributed by atoms with Crippen LogP contribution >= 0.6 is 11.6 Å². The number of amides is 2. The first-order valence-corrected chi connectivity index (χ1v) is 8.19. The number of esters is 1. The molecule has 6 heteroatoms. The van der Waals surface area contributed by atoms with E-state index >= 15 is 0 Å². The summed E-state index contributed by atoms with van der Waals surface area (Å²) in [6.45, 7) is 0. The van der Waals surface area contributed by atoms with Crippen molar-refractivity contribution in [2.75, 3.05) is 10.6 Å². The van der Waals surface area contributed by atoms with Gasteiger partial charge in [-0.2, -0.15) is 0 Å². The predicted octanol–water partition coefficient (Wildman–Crippen LogP) is 5.20. The molecule has 130 valence electrons. The van der Waals surface area contributed by atoms with Crippen molar-refractivity contribution in [3.63, 3.8) is 0 Å². The molecule has 0 heterocycles. The smallest absolute Gasteiger partial charge is 0.345 e. The summed E-state index contributed by atoms with van der Waals surface area (Å²) in [4.78, 5) is 24.6. The van der Waals surface area contributed by atoms with Crippen LogP contribution in [0.15, 0.2) is 78.9 Å². The van der Waals surface area contributed by atoms with Gasteiger partial charge in [0.15, 0.2) is 0 Å². The van der Waals surface area contributed by atoms with Gasteiger partial charge in [0.2, 0.25) is 0 Å². The van der Waals surface area contributed by atoms with Gasteiger partial charge in [-0.3, -0.25) is 0 Å². The summed E-state index contributed by atoms with van der Waals surface area (Å²) in [6.07, 6.45) is 0. The average Bonchev–Trinajstić information content (AvgIpc) is 2.65. The monoisotopic (exact) mass is 366 g/mol. The van der Waals surface area contributed by atoms with Crippen molar-refractivity contribution < 1.29 is 14.3 Å². The van der Waals surface area contributed by atoms with Crippen LogP contribution in [0.5, 0.6) is 5.75 Å². The third kappa shape index (κ3) is 4.62. The minimum absolute atomic E-state index is 0.241. The zero-order chi connectivity index (χ0) is 18.4. The number of carbonyl (C=O) groups is 2. The number of hydrogen-bond acceptors (Lipinski definition) is 3. The first kappa shape index (κ1) is 17.5. The van der Waals surface area contributed by atoms with Crippen LogP contribution in [-0.2, 0) is 0 Å². The summed E-state index contributed by atoms with van der Waals surface area (Å²) in [7, 11) is 0. The van der Waals surface area contributed by atoms with Gasteiger partial charge in [-0.25, -0.2) is 9.59 Å². The summed E-state index contributed by atoms with van der Waals surface area (Å²) >= 11 is 5.82. The Hall–Kier alpha value is -3.31. The van der Waals surface area contributed by atoms with Crippen molar-refractivity contribution in [3.05, 3.63) is 89.4 Å². The van der Waals surface area contributed by atoms with Crippen molar-refractivity contribution in [3.8, 4) is 5.75 Å². The lowest BCUT2D eigenvalue weighted by Gasteiger charge is -2.11. The van der Waals surface area contributed by atoms with Crippen LogP contribution < -0.4 is 15.4 Å². The molecule has 3 aromatic carbocycles. The molecule has 2 amide bonds. The normalized spacial score (nSPS) is 10.0. The van der Waals surface area contributed by atoms with Crippen LogP contribution in [0.1, 0.15) is 10.4 Å². The number of urea groups is 1. The minimum atomic E-state index is -0.581. The molecule has 0 radical (unpaired) electrons. The molecule has 5 nitrogen and oxygen atoms in total. The van der Waals surface area contributed by atoms with E-state index in [2.05, 4.69) is 10.6 Å². The van der Waals surface area contributed by atoms with Gasteiger partial charge in [0.1, 0.15) is 5.75 Å². The molecule has 0 aliphatic carbocycles. The molecule has 0 fully saturated rings. The van der Waals surface area contributed by atoms with E-state index in [1.54, 1.807) is 60.7 Å². The van der Waals surface area contributed by atoms with Gasteiger partial charge in [-0.1, -0.05) is 41.9 Å². The second kappa shape index (κ2) is 8.18. The quantitative estimate of drug-likeness (QED) is 0.492. The predicted molar refractivity (Wildman–Crippen MR) is 102 cm³/mol. The average molecular weight is 367 g/mol. The zero-order valence-electron chi connectivity index (χ0n) is 13.6. The number of nitrogens with one attached hydrogen (secondary N) is 2. The Labute approximate surface area is 155 Å². The van der Waals surface area contributed by atoms with Crippen LogP contribution in [0.3, 0.4) is 0 Å². The number of hydrogen-bond donors (Lipinski definition) is 2. The van der Waals surface area contributed by atoms with Crippen molar-refractivity contribution in [1.82, 2.24) is 0 Å². The first-order valence-electron chi connectivity index (χ1n) is 7.81. The molecule has 0 aromatic heterocycles. The van der Waals surface area contributed by atoms with E-state index in [0.717, 1.165) is 0 Å². The molecule has 0 spiro atoms. The van der Waals surface area contributed by atoms with E-state index in [1.165, 1.54) is 0 Å². The number of para-hydroxylation sites is 2. The summed E-state index contributed by atoms with van der Waals surface area (Å²) in [6, 6.07) is 21.6. The molecule has 2 N–H and O–H groups in total. The SMILES string of the molecule is O=C(Nc1ccccc1)Nc1ccccc1C(=O)Oc1ccc(Cl)cc1. The first-order chi connectivity index (χ1) is 12.6. The maximum absolute atomic E-state index is 12.4. The van der Waals surface area contributed by atoms with Gasteiger partial charge in [0.05, 0.1) is 11.3 Å². The third-order valence-electron chi connectivity index (χ3n) is 3.45. The molecule has 0 saturated heterocycles. The van der Waals surface area contributed by atoms with Gasteiger partial charge in [-0.15, -0.1) is 0 Å². The molecule has 0 atom stereocenters. The van der Waals surface area contributed by atoms with Crippen molar-refractivity contribution in [1.29, 1.82) is 0 Å². The fourth-order valence-corrected chi connectivity index (χ4v) is 2.37. The van der Waals surface area contributed by atoms with Gasteiger partial charge < -0.3 is 15.4 Å². The zero-order valence-corrected chi connectivity index (χ0v) is 14.4. The van der Waals surface area contributed by atoms with E-state index in [-0.39, 0.29) is 5.56 Å². The van der Waals surface area contributed by atoms with E-state index in [9.17, 15) is 9.59 Å². The molecule has 0 aliphatic heterocycles. The van der Waals surface area contributed by atoms with Crippen LogP contribution in [0, 0.1) is 0 Å². The highest BCUT2D eigenvalue weighted by molar-refractivity contribution is 6.30. The topological polar surface area (TPSA) is 67.4 Å². The lowest BCUT2D eigenvalue weighted by molar-refractivity contribution is 0.0736. The molecule has 3 rings (SSSR count). The molecule has 0 bridgehead atoms. The minimum Gasteiger partial charge on any atom is -0.423 e. The number of anilines is 2. The van der Waals surface area contributed by atoms with Gasteiger partial charge in [0.25, 0.3) is 0 Å². The molecule has 0 saturated carbocycles. The van der Waals surface area contributed by atoms with E-state index in [0.29, 0.717) is 22.1 Å². The summed E-state index contributed by atoms with van der Waals surface area (Å²) in [5.74, 6) is -0.217. The number of rotatable bonds is 4. The molecular formula is C20H15ClN2O3.